The molecule has 5 nitrogen and oxygen atoms in total. The number of rotatable bonds is 3. The molecular formula is C14H17BrN2O3. The highest BCUT2D eigenvalue weighted by atomic mass is 79.9. The minimum Gasteiger partial charge on any atom is -0.507 e. The third-order valence-corrected chi connectivity index (χ3v) is 3.56. The lowest BCUT2D eigenvalue weighted by Gasteiger charge is -2.26. The molecule has 1 aromatic carbocycles. The van der Waals surface area contributed by atoms with E-state index in [-0.39, 0.29) is 17.3 Å². The first kappa shape index (κ1) is 15.0. The first-order valence-corrected chi connectivity index (χ1v) is 6.97. The molecule has 0 aliphatic heterocycles. The maximum Gasteiger partial charge on any atom is 0.258 e. The second-order valence-corrected chi connectivity index (χ2v) is 6.46. The molecule has 2 aromatic rings. The van der Waals surface area contributed by atoms with Crippen molar-refractivity contribution in [1.29, 1.82) is 0 Å². The van der Waals surface area contributed by atoms with Crippen LogP contribution in [0.1, 0.15) is 32.7 Å². The molecule has 1 unspecified atom stereocenters. The van der Waals surface area contributed by atoms with Gasteiger partial charge in [0.15, 0.2) is 0 Å². The predicted octanol–water partition coefficient (Wildman–Crippen LogP) is 3.94. The summed E-state index contributed by atoms with van der Waals surface area (Å²) in [6.07, 6.45) is -0.260. The van der Waals surface area contributed by atoms with Gasteiger partial charge >= 0.3 is 0 Å². The number of aromatic hydroxyl groups is 1. The molecule has 0 amide bonds. The molecule has 1 N–H and O–H groups in total. The van der Waals surface area contributed by atoms with Gasteiger partial charge in [-0.1, -0.05) is 25.9 Å². The molecule has 0 fully saturated rings. The maximum absolute atomic E-state index is 9.69. The molecule has 1 atom stereocenters. The molecule has 0 aliphatic rings. The molecule has 0 saturated heterocycles. The van der Waals surface area contributed by atoms with Crippen LogP contribution in [0.25, 0.3) is 11.5 Å². The van der Waals surface area contributed by atoms with Gasteiger partial charge in [-0.25, -0.2) is 0 Å². The van der Waals surface area contributed by atoms with Crippen LogP contribution in [0.5, 0.6) is 5.75 Å². The Balaban J connectivity index is 2.35. The molecule has 0 spiro atoms. The highest BCUT2D eigenvalue weighted by molar-refractivity contribution is 9.10. The van der Waals surface area contributed by atoms with Gasteiger partial charge in [0.1, 0.15) is 11.9 Å². The Morgan fingerprint density at radius 1 is 1.35 bits per heavy atom. The Morgan fingerprint density at radius 2 is 2.05 bits per heavy atom. The van der Waals surface area contributed by atoms with Crippen LogP contribution in [0.4, 0.5) is 0 Å². The monoisotopic (exact) mass is 340 g/mol. The minimum absolute atomic E-state index is 0.126. The van der Waals surface area contributed by atoms with Crippen molar-refractivity contribution in [3.63, 3.8) is 0 Å². The van der Waals surface area contributed by atoms with Crippen molar-refractivity contribution in [3.05, 3.63) is 28.5 Å². The zero-order valence-electron chi connectivity index (χ0n) is 11.8. The van der Waals surface area contributed by atoms with E-state index in [0.29, 0.717) is 21.8 Å². The number of ether oxygens (including phenoxy) is 1. The lowest BCUT2D eigenvalue weighted by Crippen LogP contribution is -2.21. The molecule has 108 valence electrons. The second kappa shape index (κ2) is 5.54. The number of hydrogen-bond donors (Lipinski definition) is 1. The summed E-state index contributed by atoms with van der Waals surface area (Å²) < 4.78 is 11.3. The van der Waals surface area contributed by atoms with Crippen molar-refractivity contribution in [2.45, 2.75) is 26.9 Å². The molecule has 2 rings (SSSR count). The number of hydrogen-bond acceptors (Lipinski definition) is 5. The average molecular weight is 341 g/mol. The SMILES string of the molecule is COC(c1noc(-c2ccc(Br)c(O)c2)n1)C(C)(C)C. The summed E-state index contributed by atoms with van der Waals surface area (Å²) >= 11 is 3.23. The van der Waals surface area contributed by atoms with E-state index in [1.54, 1.807) is 25.3 Å². The van der Waals surface area contributed by atoms with E-state index in [0.717, 1.165) is 0 Å². The van der Waals surface area contributed by atoms with Gasteiger partial charge < -0.3 is 14.4 Å². The lowest BCUT2D eigenvalue weighted by atomic mass is 9.88. The van der Waals surface area contributed by atoms with Crippen LogP contribution >= 0.6 is 15.9 Å². The standard InChI is InChI=1S/C14H17BrN2O3/c1-14(2,3)11(19-4)12-16-13(20-17-12)8-5-6-9(15)10(18)7-8/h5-7,11,18H,1-4H3. The van der Waals surface area contributed by atoms with Crippen LogP contribution in [-0.2, 0) is 4.74 Å². The Labute approximate surface area is 126 Å². The van der Waals surface area contributed by atoms with Gasteiger partial charge in [0, 0.05) is 12.7 Å². The highest BCUT2D eigenvalue weighted by Crippen LogP contribution is 2.35. The van der Waals surface area contributed by atoms with E-state index < -0.39 is 0 Å². The summed E-state index contributed by atoms with van der Waals surface area (Å²) in [6, 6.07) is 5.09. The number of nitrogens with zero attached hydrogens (tertiary/aromatic N) is 2. The van der Waals surface area contributed by atoms with Crippen LogP contribution in [0.15, 0.2) is 27.2 Å². The highest BCUT2D eigenvalue weighted by Gasteiger charge is 2.30. The van der Waals surface area contributed by atoms with E-state index in [9.17, 15) is 5.11 Å². The first-order valence-electron chi connectivity index (χ1n) is 6.18. The predicted molar refractivity (Wildman–Crippen MR) is 78.3 cm³/mol. The number of phenols is 1. The van der Waals surface area contributed by atoms with E-state index in [1.165, 1.54) is 0 Å². The molecule has 20 heavy (non-hydrogen) atoms. The smallest absolute Gasteiger partial charge is 0.258 e. The van der Waals surface area contributed by atoms with Gasteiger partial charge in [-0.3, -0.25) is 0 Å². The van der Waals surface area contributed by atoms with Crippen molar-refractivity contribution >= 4 is 15.9 Å². The summed E-state index contributed by atoms with van der Waals surface area (Å²) in [5.41, 5.74) is 0.519. The Bertz CT molecular complexity index is 605. The number of aromatic nitrogens is 2. The third-order valence-electron chi connectivity index (χ3n) is 2.89. The average Bonchev–Trinajstić information content (AvgIpc) is 2.81. The van der Waals surface area contributed by atoms with Crippen molar-refractivity contribution in [2.24, 2.45) is 5.41 Å². The fraction of sp³-hybridized carbons (Fsp3) is 0.429. The number of halogens is 1. The van der Waals surface area contributed by atoms with Crippen LogP contribution < -0.4 is 0 Å². The number of benzene rings is 1. The summed E-state index contributed by atoms with van der Waals surface area (Å²) in [4.78, 5) is 4.36. The topological polar surface area (TPSA) is 68.4 Å². The zero-order chi connectivity index (χ0) is 14.9. The van der Waals surface area contributed by atoms with Crippen LogP contribution in [0.3, 0.4) is 0 Å². The maximum atomic E-state index is 9.69. The van der Waals surface area contributed by atoms with E-state index in [4.69, 9.17) is 9.26 Å². The molecule has 1 aromatic heterocycles. The summed E-state index contributed by atoms with van der Waals surface area (Å²) in [5.74, 6) is 0.980. The van der Waals surface area contributed by atoms with Crippen LogP contribution in [-0.4, -0.2) is 22.4 Å². The van der Waals surface area contributed by atoms with Gasteiger partial charge in [0.25, 0.3) is 5.89 Å². The molecule has 0 radical (unpaired) electrons. The van der Waals surface area contributed by atoms with Gasteiger partial charge in [-0.2, -0.15) is 4.98 Å². The fourth-order valence-electron chi connectivity index (χ4n) is 1.95. The molecule has 0 saturated carbocycles. The summed E-state index contributed by atoms with van der Waals surface area (Å²) in [7, 11) is 1.62. The first-order chi connectivity index (χ1) is 9.32. The Kier molecular flexibility index (Phi) is 4.15. The summed E-state index contributed by atoms with van der Waals surface area (Å²) in [5, 5.41) is 13.7. The van der Waals surface area contributed by atoms with Gasteiger partial charge in [0.05, 0.1) is 4.47 Å². The van der Waals surface area contributed by atoms with Crippen molar-refractivity contribution in [3.8, 4) is 17.2 Å². The van der Waals surface area contributed by atoms with Crippen molar-refractivity contribution in [2.75, 3.05) is 7.11 Å². The van der Waals surface area contributed by atoms with Crippen molar-refractivity contribution in [1.82, 2.24) is 10.1 Å². The molecule has 0 bridgehead atoms. The largest absolute Gasteiger partial charge is 0.507 e. The van der Waals surface area contributed by atoms with Gasteiger partial charge in [0.2, 0.25) is 5.82 Å². The number of phenolic OH excluding ortho intramolecular Hbond substituents is 1. The lowest BCUT2D eigenvalue weighted by molar-refractivity contribution is 0.00718. The van der Waals surface area contributed by atoms with Crippen molar-refractivity contribution < 1.29 is 14.4 Å². The quantitative estimate of drug-likeness (QED) is 0.916. The normalized spacial score (nSPS) is 13.4. The molecular weight excluding hydrogens is 324 g/mol. The van der Waals surface area contributed by atoms with E-state index in [1.807, 2.05) is 20.8 Å². The van der Waals surface area contributed by atoms with Crippen LogP contribution in [0.2, 0.25) is 0 Å². The number of methoxy groups -OCH3 is 1. The Hall–Kier alpha value is -1.40. The van der Waals surface area contributed by atoms with Gasteiger partial charge in [-0.05, 0) is 39.5 Å². The molecule has 6 heteroatoms. The molecule has 1 heterocycles. The van der Waals surface area contributed by atoms with E-state index >= 15 is 0 Å². The second-order valence-electron chi connectivity index (χ2n) is 5.61. The minimum atomic E-state index is -0.260. The van der Waals surface area contributed by atoms with Crippen LogP contribution in [0, 0.1) is 5.41 Å². The zero-order valence-corrected chi connectivity index (χ0v) is 13.4. The summed E-state index contributed by atoms with van der Waals surface area (Å²) in [6.45, 7) is 6.13. The van der Waals surface area contributed by atoms with E-state index in [2.05, 4.69) is 26.1 Å². The Morgan fingerprint density at radius 3 is 2.60 bits per heavy atom. The van der Waals surface area contributed by atoms with Gasteiger partial charge in [-0.15, -0.1) is 0 Å². The third kappa shape index (κ3) is 3.02. The fourth-order valence-corrected chi connectivity index (χ4v) is 2.20. The molecule has 0 aliphatic carbocycles.